The summed E-state index contributed by atoms with van der Waals surface area (Å²) in [6, 6.07) is 8.55. The van der Waals surface area contributed by atoms with E-state index in [2.05, 4.69) is 34.3 Å². The fourth-order valence-electron chi connectivity index (χ4n) is 2.67. The fraction of sp³-hybridized carbons (Fsp3) is 0.400. The maximum atomic E-state index is 11.2. The first kappa shape index (κ1) is 12.1. The molecule has 1 aromatic heterocycles. The average Bonchev–Trinajstić information content (AvgIpc) is 3.02. The van der Waals surface area contributed by atoms with Gasteiger partial charge in [-0.25, -0.2) is 0 Å². The topological polar surface area (TPSA) is 43.3 Å². The van der Waals surface area contributed by atoms with Gasteiger partial charge in [-0.15, -0.1) is 0 Å². The van der Waals surface area contributed by atoms with Crippen LogP contribution >= 0.6 is 0 Å². The van der Waals surface area contributed by atoms with E-state index in [-0.39, 0.29) is 5.91 Å². The van der Waals surface area contributed by atoms with Gasteiger partial charge in [-0.3, -0.25) is 4.79 Å². The zero-order valence-electron chi connectivity index (χ0n) is 11.1. The van der Waals surface area contributed by atoms with Crippen LogP contribution in [-0.2, 0) is 11.3 Å². The molecule has 0 radical (unpaired) electrons. The van der Waals surface area contributed by atoms with Crippen LogP contribution in [0, 0.1) is 0 Å². The molecular formula is C15H18N2O2. The second kappa shape index (κ2) is 4.96. The Balaban J connectivity index is 1.75. The summed E-state index contributed by atoms with van der Waals surface area (Å²) >= 11 is 0. The van der Waals surface area contributed by atoms with Gasteiger partial charge in [-0.2, -0.15) is 0 Å². The smallest absolute Gasteiger partial charge is 0.220 e. The van der Waals surface area contributed by atoms with Gasteiger partial charge in [0.15, 0.2) is 0 Å². The Bertz CT molecular complexity index is 603. The lowest BCUT2D eigenvalue weighted by Gasteiger charge is -2.11. The van der Waals surface area contributed by atoms with Crippen LogP contribution < -0.4 is 10.1 Å². The van der Waals surface area contributed by atoms with Gasteiger partial charge in [0.1, 0.15) is 5.75 Å². The molecule has 1 atom stereocenters. The standard InChI is InChI=1S/C15H18N2O2/c1-19-13-4-2-11-6-8-17(14(11)10-13)9-7-12-3-5-15(18)16-12/h2,4,6,8,10,12H,3,5,7,9H2,1H3,(H,16,18). The van der Waals surface area contributed by atoms with Crippen molar-refractivity contribution in [1.82, 2.24) is 9.88 Å². The highest BCUT2D eigenvalue weighted by Crippen LogP contribution is 2.22. The quantitative estimate of drug-likeness (QED) is 0.914. The molecule has 1 aromatic carbocycles. The Kier molecular flexibility index (Phi) is 3.15. The number of aryl methyl sites for hydroxylation is 1. The monoisotopic (exact) mass is 258 g/mol. The van der Waals surface area contributed by atoms with Crippen molar-refractivity contribution >= 4 is 16.8 Å². The summed E-state index contributed by atoms with van der Waals surface area (Å²) in [6.45, 7) is 0.918. The van der Waals surface area contributed by atoms with E-state index < -0.39 is 0 Å². The molecule has 0 spiro atoms. The summed E-state index contributed by atoms with van der Waals surface area (Å²) in [5.41, 5.74) is 1.18. The van der Waals surface area contributed by atoms with Gasteiger partial charge in [-0.05, 0) is 36.4 Å². The van der Waals surface area contributed by atoms with E-state index in [1.54, 1.807) is 7.11 Å². The highest BCUT2D eigenvalue weighted by molar-refractivity contribution is 5.81. The first-order chi connectivity index (χ1) is 9.26. The molecule has 100 valence electrons. The SMILES string of the molecule is COc1ccc2ccn(CCC3CCC(=O)N3)c2c1. The minimum Gasteiger partial charge on any atom is -0.497 e. The molecule has 1 N–H and O–H groups in total. The summed E-state index contributed by atoms with van der Waals surface area (Å²) in [4.78, 5) is 11.2. The Morgan fingerprint density at radius 2 is 2.32 bits per heavy atom. The van der Waals surface area contributed by atoms with Crippen LogP contribution in [0.3, 0.4) is 0 Å². The van der Waals surface area contributed by atoms with E-state index >= 15 is 0 Å². The second-order valence-corrected chi connectivity index (χ2v) is 5.03. The number of methoxy groups -OCH3 is 1. The third-order valence-electron chi connectivity index (χ3n) is 3.78. The summed E-state index contributed by atoms with van der Waals surface area (Å²) in [7, 11) is 1.68. The molecule has 4 heteroatoms. The van der Waals surface area contributed by atoms with Crippen molar-refractivity contribution in [2.75, 3.05) is 7.11 Å². The number of nitrogens with one attached hydrogen (secondary N) is 1. The number of carbonyl (C=O) groups excluding carboxylic acids is 1. The van der Waals surface area contributed by atoms with Crippen molar-refractivity contribution < 1.29 is 9.53 Å². The number of benzene rings is 1. The number of ether oxygens (including phenoxy) is 1. The fourth-order valence-corrected chi connectivity index (χ4v) is 2.67. The molecule has 1 saturated heterocycles. The van der Waals surface area contributed by atoms with Gasteiger partial charge < -0.3 is 14.6 Å². The zero-order valence-corrected chi connectivity index (χ0v) is 11.1. The first-order valence-electron chi connectivity index (χ1n) is 6.68. The van der Waals surface area contributed by atoms with Gasteiger partial charge in [0.05, 0.1) is 12.6 Å². The highest BCUT2D eigenvalue weighted by Gasteiger charge is 2.20. The van der Waals surface area contributed by atoms with Crippen molar-refractivity contribution in [3.8, 4) is 5.75 Å². The minimum absolute atomic E-state index is 0.184. The van der Waals surface area contributed by atoms with Crippen molar-refractivity contribution in [3.05, 3.63) is 30.5 Å². The number of fused-ring (bicyclic) bond motifs is 1. The van der Waals surface area contributed by atoms with Gasteiger partial charge in [0.25, 0.3) is 0 Å². The second-order valence-electron chi connectivity index (χ2n) is 5.03. The summed E-state index contributed by atoms with van der Waals surface area (Å²) in [5.74, 6) is 1.06. The van der Waals surface area contributed by atoms with E-state index in [0.717, 1.165) is 25.1 Å². The van der Waals surface area contributed by atoms with Crippen LogP contribution in [0.2, 0.25) is 0 Å². The zero-order chi connectivity index (χ0) is 13.2. The van der Waals surface area contributed by atoms with E-state index in [4.69, 9.17) is 4.74 Å². The Labute approximate surface area is 112 Å². The first-order valence-corrected chi connectivity index (χ1v) is 6.68. The lowest BCUT2D eigenvalue weighted by Crippen LogP contribution is -2.26. The van der Waals surface area contributed by atoms with Gasteiger partial charge >= 0.3 is 0 Å². The number of aromatic nitrogens is 1. The van der Waals surface area contributed by atoms with Crippen molar-refractivity contribution in [2.45, 2.75) is 31.8 Å². The predicted molar refractivity (Wildman–Crippen MR) is 74.3 cm³/mol. The van der Waals surface area contributed by atoms with E-state index in [1.807, 2.05) is 6.07 Å². The highest BCUT2D eigenvalue weighted by atomic mass is 16.5. The molecule has 1 fully saturated rings. The van der Waals surface area contributed by atoms with E-state index in [0.29, 0.717) is 12.5 Å². The largest absolute Gasteiger partial charge is 0.497 e. The van der Waals surface area contributed by atoms with Crippen molar-refractivity contribution in [2.24, 2.45) is 0 Å². The van der Waals surface area contributed by atoms with Crippen LogP contribution in [0.25, 0.3) is 10.9 Å². The third kappa shape index (κ3) is 2.43. The van der Waals surface area contributed by atoms with Crippen molar-refractivity contribution in [3.63, 3.8) is 0 Å². The number of rotatable bonds is 4. The van der Waals surface area contributed by atoms with Gasteiger partial charge in [0.2, 0.25) is 5.91 Å². The lowest BCUT2D eigenvalue weighted by molar-refractivity contribution is -0.119. The van der Waals surface area contributed by atoms with E-state index in [1.165, 1.54) is 10.9 Å². The van der Waals surface area contributed by atoms with E-state index in [9.17, 15) is 4.79 Å². The molecule has 1 aliphatic heterocycles. The third-order valence-corrected chi connectivity index (χ3v) is 3.78. The Morgan fingerprint density at radius 1 is 1.42 bits per heavy atom. The van der Waals surface area contributed by atoms with Crippen LogP contribution in [-0.4, -0.2) is 23.6 Å². The molecule has 3 rings (SSSR count). The molecular weight excluding hydrogens is 240 g/mol. The van der Waals surface area contributed by atoms with Gasteiger partial charge in [0, 0.05) is 31.3 Å². The Hall–Kier alpha value is -1.97. The van der Waals surface area contributed by atoms with Crippen LogP contribution in [0.5, 0.6) is 5.75 Å². The summed E-state index contributed by atoms with van der Waals surface area (Å²) in [5, 5.41) is 4.23. The van der Waals surface area contributed by atoms with Crippen LogP contribution in [0.15, 0.2) is 30.5 Å². The Morgan fingerprint density at radius 3 is 3.05 bits per heavy atom. The average molecular weight is 258 g/mol. The lowest BCUT2D eigenvalue weighted by atomic mass is 10.1. The maximum Gasteiger partial charge on any atom is 0.220 e. The molecule has 0 aliphatic carbocycles. The molecule has 2 heterocycles. The van der Waals surface area contributed by atoms with Crippen LogP contribution in [0.4, 0.5) is 0 Å². The molecule has 1 aliphatic rings. The van der Waals surface area contributed by atoms with Gasteiger partial charge in [-0.1, -0.05) is 0 Å². The number of amides is 1. The van der Waals surface area contributed by atoms with Crippen molar-refractivity contribution in [1.29, 1.82) is 0 Å². The number of hydrogen-bond acceptors (Lipinski definition) is 2. The number of nitrogens with zero attached hydrogens (tertiary/aromatic N) is 1. The molecule has 0 bridgehead atoms. The maximum absolute atomic E-state index is 11.2. The molecule has 2 aromatic rings. The minimum atomic E-state index is 0.184. The normalized spacial score (nSPS) is 18.8. The predicted octanol–water partition coefficient (Wildman–Crippen LogP) is 2.32. The van der Waals surface area contributed by atoms with Crippen LogP contribution in [0.1, 0.15) is 19.3 Å². The summed E-state index contributed by atoms with van der Waals surface area (Å²) in [6.07, 6.45) is 4.71. The number of carbonyl (C=O) groups is 1. The molecule has 1 amide bonds. The molecule has 19 heavy (non-hydrogen) atoms. The summed E-state index contributed by atoms with van der Waals surface area (Å²) < 4.78 is 7.49. The molecule has 1 unspecified atom stereocenters. The number of hydrogen-bond donors (Lipinski definition) is 1. The molecule has 4 nitrogen and oxygen atoms in total. The molecule has 0 saturated carbocycles.